The molecule has 0 saturated carbocycles. The fourth-order valence-corrected chi connectivity index (χ4v) is 3.58. The number of benzene rings is 2. The van der Waals surface area contributed by atoms with E-state index in [-0.39, 0.29) is 36.6 Å². The maximum Gasteiger partial charge on any atom is 0.251 e. The molecule has 2 aromatic carbocycles. The molecule has 0 aliphatic carbocycles. The second-order valence-electron chi connectivity index (χ2n) is 6.15. The molecule has 0 saturated heterocycles. The number of sulfonamides is 1. The van der Waals surface area contributed by atoms with Gasteiger partial charge in [0.1, 0.15) is 11.6 Å². The average molecular weight is 412 g/mol. The molecule has 9 heteroatoms. The van der Waals surface area contributed by atoms with Crippen molar-refractivity contribution in [2.75, 3.05) is 26.8 Å². The van der Waals surface area contributed by atoms with Gasteiger partial charge < -0.3 is 10.1 Å². The lowest BCUT2D eigenvalue weighted by atomic mass is 10.1. The van der Waals surface area contributed by atoms with E-state index in [0.717, 1.165) is 6.07 Å². The largest absolute Gasteiger partial charge is 0.383 e. The lowest BCUT2D eigenvalue weighted by Crippen LogP contribution is -2.29. The number of hydrogen-bond acceptors (Lipinski definition) is 4. The summed E-state index contributed by atoms with van der Waals surface area (Å²) < 4.78 is 58.2. The van der Waals surface area contributed by atoms with Gasteiger partial charge in [-0.3, -0.25) is 4.79 Å². The average Bonchev–Trinajstić information content (AvgIpc) is 2.61. The first kappa shape index (κ1) is 21.9. The smallest absolute Gasteiger partial charge is 0.251 e. The second-order valence-corrected chi connectivity index (χ2v) is 7.92. The van der Waals surface area contributed by atoms with Crippen LogP contribution in [0.5, 0.6) is 0 Å². The van der Waals surface area contributed by atoms with Gasteiger partial charge in [-0.1, -0.05) is 6.07 Å². The van der Waals surface area contributed by atoms with E-state index in [1.54, 1.807) is 13.0 Å². The third-order valence-corrected chi connectivity index (χ3v) is 5.44. The van der Waals surface area contributed by atoms with Crippen LogP contribution in [0.4, 0.5) is 8.78 Å². The summed E-state index contributed by atoms with van der Waals surface area (Å²) in [4.78, 5) is 12.4. The molecule has 152 valence electrons. The van der Waals surface area contributed by atoms with E-state index in [2.05, 4.69) is 10.0 Å². The van der Waals surface area contributed by atoms with Crippen LogP contribution in [0.3, 0.4) is 0 Å². The van der Waals surface area contributed by atoms with Gasteiger partial charge in [-0.05, 0) is 48.7 Å². The minimum atomic E-state index is -3.77. The minimum absolute atomic E-state index is 0.0356. The molecule has 2 N–H and O–H groups in total. The van der Waals surface area contributed by atoms with Crippen molar-refractivity contribution in [3.63, 3.8) is 0 Å². The number of aryl methyl sites for hydroxylation is 1. The van der Waals surface area contributed by atoms with Crippen LogP contribution in [-0.4, -0.2) is 41.1 Å². The van der Waals surface area contributed by atoms with Gasteiger partial charge in [0.25, 0.3) is 5.91 Å². The monoisotopic (exact) mass is 412 g/mol. The lowest BCUT2D eigenvalue weighted by Gasteiger charge is -2.11. The maximum absolute atomic E-state index is 13.2. The number of carbonyl (C=O) groups excluding carboxylic acids is 1. The molecule has 0 atom stereocenters. The Balaban J connectivity index is 2.06. The van der Waals surface area contributed by atoms with Gasteiger partial charge in [0.05, 0.1) is 11.5 Å². The van der Waals surface area contributed by atoms with Gasteiger partial charge in [-0.15, -0.1) is 0 Å². The standard InChI is InChI=1S/C19H22F2N2O4S/c1-13-3-4-17(28(25,26)23-7-8-27-2)12-18(13)19(24)22-6-5-14-9-15(20)11-16(21)10-14/h3-4,9-12,23H,5-8H2,1-2H3,(H,22,24). The van der Waals surface area contributed by atoms with Crippen molar-refractivity contribution in [3.05, 3.63) is 64.7 Å². The van der Waals surface area contributed by atoms with Crippen molar-refractivity contribution < 1.29 is 26.7 Å². The van der Waals surface area contributed by atoms with Gasteiger partial charge in [0.2, 0.25) is 10.0 Å². The van der Waals surface area contributed by atoms with Crippen molar-refractivity contribution >= 4 is 15.9 Å². The second kappa shape index (κ2) is 9.72. The number of hydrogen-bond donors (Lipinski definition) is 2. The molecule has 6 nitrogen and oxygen atoms in total. The molecule has 0 heterocycles. The number of amides is 1. The van der Waals surface area contributed by atoms with E-state index < -0.39 is 27.6 Å². The predicted octanol–water partition coefficient (Wildman–Crippen LogP) is 2.17. The molecule has 0 fully saturated rings. The first-order valence-electron chi connectivity index (χ1n) is 8.55. The van der Waals surface area contributed by atoms with E-state index in [1.165, 1.54) is 31.4 Å². The Kier molecular flexibility index (Phi) is 7.61. The van der Waals surface area contributed by atoms with Crippen LogP contribution in [0.1, 0.15) is 21.5 Å². The Bertz CT molecular complexity index is 929. The summed E-state index contributed by atoms with van der Waals surface area (Å²) in [7, 11) is -2.31. The highest BCUT2D eigenvalue weighted by Crippen LogP contribution is 2.16. The van der Waals surface area contributed by atoms with Gasteiger partial charge in [-0.25, -0.2) is 21.9 Å². The highest BCUT2D eigenvalue weighted by atomic mass is 32.2. The molecule has 0 aromatic heterocycles. The summed E-state index contributed by atoms with van der Waals surface area (Å²) >= 11 is 0. The summed E-state index contributed by atoms with van der Waals surface area (Å²) in [5, 5.41) is 2.64. The molecule has 0 spiro atoms. The van der Waals surface area contributed by atoms with Crippen LogP contribution in [0, 0.1) is 18.6 Å². The molecule has 0 bridgehead atoms. The number of rotatable bonds is 9. The summed E-state index contributed by atoms with van der Waals surface area (Å²) in [6, 6.07) is 7.41. The highest BCUT2D eigenvalue weighted by molar-refractivity contribution is 7.89. The van der Waals surface area contributed by atoms with Crippen LogP contribution < -0.4 is 10.0 Å². The van der Waals surface area contributed by atoms with E-state index in [0.29, 0.717) is 11.1 Å². The third-order valence-electron chi connectivity index (χ3n) is 3.98. The Hall–Kier alpha value is -2.36. The topological polar surface area (TPSA) is 84.5 Å². The maximum atomic E-state index is 13.2. The van der Waals surface area contributed by atoms with Crippen LogP contribution in [0.25, 0.3) is 0 Å². The van der Waals surface area contributed by atoms with Crippen LogP contribution >= 0.6 is 0 Å². The van der Waals surface area contributed by atoms with Gasteiger partial charge in [0.15, 0.2) is 0 Å². The van der Waals surface area contributed by atoms with Crippen molar-refractivity contribution in [2.45, 2.75) is 18.2 Å². The third kappa shape index (κ3) is 6.08. The number of halogens is 2. The van der Waals surface area contributed by atoms with Crippen molar-refractivity contribution in [2.24, 2.45) is 0 Å². The predicted molar refractivity (Wildman–Crippen MR) is 101 cm³/mol. The zero-order valence-electron chi connectivity index (χ0n) is 15.6. The number of ether oxygens (including phenoxy) is 1. The van der Waals surface area contributed by atoms with E-state index >= 15 is 0 Å². The van der Waals surface area contributed by atoms with Crippen LogP contribution in [0.2, 0.25) is 0 Å². The summed E-state index contributed by atoms with van der Waals surface area (Å²) in [5.74, 6) is -1.84. The number of carbonyl (C=O) groups is 1. The highest BCUT2D eigenvalue weighted by Gasteiger charge is 2.17. The molecule has 1 amide bonds. The van der Waals surface area contributed by atoms with E-state index in [1.807, 2.05) is 0 Å². The Morgan fingerprint density at radius 2 is 1.75 bits per heavy atom. The molecule has 0 radical (unpaired) electrons. The van der Waals surface area contributed by atoms with E-state index in [4.69, 9.17) is 4.74 Å². The quantitative estimate of drug-likeness (QED) is 0.619. The zero-order valence-corrected chi connectivity index (χ0v) is 16.4. The Labute approximate surface area is 163 Å². The minimum Gasteiger partial charge on any atom is -0.383 e. The molecule has 0 aliphatic heterocycles. The molecule has 2 rings (SSSR count). The van der Waals surface area contributed by atoms with Crippen molar-refractivity contribution in [1.82, 2.24) is 10.0 Å². The van der Waals surface area contributed by atoms with Crippen LogP contribution in [-0.2, 0) is 21.2 Å². The van der Waals surface area contributed by atoms with Gasteiger partial charge in [-0.2, -0.15) is 0 Å². The Morgan fingerprint density at radius 3 is 2.39 bits per heavy atom. The zero-order chi connectivity index (χ0) is 20.7. The first-order chi connectivity index (χ1) is 13.2. The van der Waals surface area contributed by atoms with Crippen molar-refractivity contribution in [1.29, 1.82) is 0 Å². The SMILES string of the molecule is COCCNS(=O)(=O)c1ccc(C)c(C(=O)NCCc2cc(F)cc(F)c2)c1. The normalized spacial score (nSPS) is 11.4. The molecular weight excluding hydrogens is 390 g/mol. The van der Waals surface area contributed by atoms with E-state index in [9.17, 15) is 22.0 Å². The fraction of sp³-hybridized carbons (Fsp3) is 0.316. The summed E-state index contributed by atoms with van der Waals surface area (Å²) in [6.07, 6.45) is 0.232. The molecule has 2 aromatic rings. The number of nitrogens with one attached hydrogen (secondary N) is 2. The Morgan fingerprint density at radius 1 is 1.07 bits per heavy atom. The molecular formula is C19H22F2N2O4S. The number of methoxy groups -OCH3 is 1. The van der Waals surface area contributed by atoms with Gasteiger partial charge in [0, 0.05) is 31.8 Å². The molecule has 0 unspecified atom stereocenters. The van der Waals surface area contributed by atoms with Gasteiger partial charge >= 0.3 is 0 Å². The summed E-state index contributed by atoms with van der Waals surface area (Å²) in [5.41, 5.74) is 1.22. The fourth-order valence-electron chi connectivity index (χ4n) is 2.55. The van der Waals surface area contributed by atoms with Crippen molar-refractivity contribution in [3.8, 4) is 0 Å². The molecule has 0 aliphatic rings. The lowest BCUT2D eigenvalue weighted by molar-refractivity contribution is 0.0953. The molecule has 28 heavy (non-hydrogen) atoms. The first-order valence-corrected chi connectivity index (χ1v) is 10.0. The summed E-state index contributed by atoms with van der Waals surface area (Å²) in [6.45, 7) is 2.16. The van der Waals surface area contributed by atoms with Crippen LogP contribution in [0.15, 0.2) is 41.3 Å².